The van der Waals surface area contributed by atoms with Crippen molar-refractivity contribution in [2.45, 2.75) is 64.8 Å². The molecule has 10 nitrogen and oxygen atoms in total. The number of amides is 4. The lowest BCUT2D eigenvalue weighted by Gasteiger charge is -2.23. The van der Waals surface area contributed by atoms with Gasteiger partial charge in [0.25, 0.3) is 0 Å². The van der Waals surface area contributed by atoms with E-state index >= 15 is 0 Å². The fourth-order valence-electron chi connectivity index (χ4n) is 4.09. The Hall–Kier alpha value is -4.86. The highest BCUT2D eigenvalue weighted by Crippen LogP contribution is 2.19. The van der Waals surface area contributed by atoms with E-state index in [0.717, 1.165) is 11.1 Å². The van der Waals surface area contributed by atoms with Gasteiger partial charge in [-0.3, -0.25) is 14.4 Å². The van der Waals surface area contributed by atoms with E-state index < -0.39 is 48.0 Å². The van der Waals surface area contributed by atoms with Crippen molar-refractivity contribution < 1.29 is 28.7 Å². The number of nitrogens with one attached hydrogen (secondary N) is 4. The summed E-state index contributed by atoms with van der Waals surface area (Å²) in [7, 11) is 0. The molecule has 4 amide bonds. The summed E-state index contributed by atoms with van der Waals surface area (Å²) in [5.74, 6) is -0.661. The molecule has 1 aliphatic heterocycles. The van der Waals surface area contributed by atoms with Gasteiger partial charge in [0, 0.05) is 13.0 Å². The molecule has 10 heteroatoms. The second-order valence-corrected chi connectivity index (χ2v) is 11.1. The zero-order chi connectivity index (χ0) is 31.4. The SMILES string of the molecule is C=C/C=C\C1=C/CC(C(=O)NCc2ccc(C)cc2)NC(=O)CNC(=O)C(NC(=O)OC(C)(C)C)Cc2cccc(c2)O1. The number of carbonyl (C=O) groups excluding carboxylic acids is 4. The highest BCUT2D eigenvalue weighted by molar-refractivity contribution is 5.92. The van der Waals surface area contributed by atoms with Gasteiger partial charge in [0.2, 0.25) is 17.7 Å². The lowest BCUT2D eigenvalue weighted by atomic mass is 10.0. The van der Waals surface area contributed by atoms with Gasteiger partial charge in [0.15, 0.2) is 0 Å². The standard InChI is InChI=1S/C33H40N4O6/c1-6-7-10-25-16-17-27(30(39)34-20-23-14-12-22(2)13-15-23)36-29(38)21-35-31(40)28(37-32(41)43-33(3,4)5)19-24-9-8-11-26(18-24)42-25/h6-16,18,27-28H,1,17,19-21H2,2-5H3,(H,34,39)(H,35,40)(H,36,38)(H,37,41)/b10-7-,25-16+. The molecule has 3 rings (SSSR count). The van der Waals surface area contributed by atoms with Crippen molar-refractivity contribution in [3.8, 4) is 5.75 Å². The minimum atomic E-state index is -1.05. The Morgan fingerprint density at radius 3 is 2.58 bits per heavy atom. The first kappa shape index (κ1) is 32.7. The maximum atomic E-state index is 13.2. The fourth-order valence-corrected chi connectivity index (χ4v) is 4.09. The van der Waals surface area contributed by atoms with Crippen molar-refractivity contribution in [2.75, 3.05) is 6.54 Å². The van der Waals surface area contributed by atoms with Crippen LogP contribution in [-0.4, -0.2) is 48.0 Å². The van der Waals surface area contributed by atoms with Crippen LogP contribution >= 0.6 is 0 Å². The molecule has 2 aromatic carbocycles. The van der Waals surface area contributed by atoms with Gasteiger partial charge in [-0.15, -0.1) is 0 Å². The number of aryl methyl sites for hydroxylation is 1. The molecule has 0 aromatic heterocycles. The van der Waals surface area contributed by atoms with Gasteiger partial charge in [-0.25, -0.2) is 4.79 Å². The minimum absolute atomic E-state index is 0.107. The molecular weight excluding hydrogens is 548 g/mol. The Kier molecular flexibility index (Phi) is 11.7. The Bertz CT molecular complexity index is 1370. The number of allylic oxidation sites excluding steroid dienone is 3. The molecule has 2 aromatic rings. The van der Waals surface area contributed by atoms with Gasteiger partial charge in [-0.2, -0.15) is 0 Å². The highest BCUT2D eigenvalue weighted by atomic mass is 16.6. The van der Waals surface area contributed by atoms with Crippen molar-refractivity contribution in [1.29, 1.82) is 0 Å². The largest absolute Gasteiger partial charge is 0.458 e. The van der Waals surface area contributed by atoms with E-state index in [4.69, 9.17) is 9.47 Å². The average Bonchev–Trinajstić information content (AvgIpc) is 2.94. The highest BCUT2D eigenvalue weighted by Gasteiger charge is 2.26. The van der Waals surface area contributed by atoms with Crippen molar-refractivity contribution in [3.05, 3.63) is 102 Å². The smallest absolute Gasteiger partial charge is 0.408 e. The zero-order valence-electron chi connectivity index (χ0n) is 25.1. The Balaban J connectivity index is 1.88. The minimum Gasteiger partial charge on any atom is -0.458 e. The molecule has 0 fully saturated rings. The van der Waals surface area contributed by atoms with Crippen LogP contribution in [0.2, 0.25) is 0 Å². The molecule has 2 bridgehead atoms. The summed E-state index contributed by atoms with van der Waals surface area (Å²) in [5.41, 5.74) is 1.94. The molecule has 0 radical (unpaired) electrons. The fraction of sp³-hybridized carbons (Fsp3) is 0.333. The van der Waals surface area contributed by atoms with Crippen molar-refractivity contribution >= 4 is 23.8 Å². The molecule has 2 unspecified atom stereocenters. The van der Waals surface area contributed by atoms with Gasteiger partial charge < -0.3 is 30.7 Å². The molecule has 2 atom stereocenters. The molecule has 43 heavy (non-hydrogen) atoms. The Labute approximate surface area is 252 Å². The van der Waals surface area contributed by atoms with Crippen molar-refractivity contribution in [3.63, 3.8) is 0 Å². The summed E-state index contributed by atoms with van der Waals surface area (Å²) >= 11 is 0. The van der Waals surface area contributed by atoms with E-state index in [9.17, 15) is 19.2 Å². The number of ether oxygens (including phenoxy) is 2. The van der Waals surface area contributed by atoms with Crippen LogP contribution in [-0.2, 0) is 32.1 Å². The third-order valence-corrected chi connectivity index (χ3v) is 6.19. The summed E-state index contributed by atoms with van der Waals surface area (Å²) < 4.78 is 11.4. The van der Waals surface area contributed by atoms with Crippen LogP contribution in [0, 0.1) is 6.92 Å². The summed E-state index contributed by atoms with van der Waals surface area (Å²) in [6.45, 7) is 10.7. The first-order chi connectivity index (χ1) is 20.4. The zero-order valence-corrected chi connectivity index (χ0v) is 25.1. The third-order valence-electron chi connectivity index (χ3n) is 6.19. The molecule has 228 valence electrons. The van der Waals surface area contributed by atoms with Crippen LogP contribution in [0.1, 0.15) is 43.9 Å². The summed E-state index contributed by atoms with van der Waals surface area (Å²) in [6.07, 6.45) is 6.13. The molecule has 0 saturated carbocycles. The Morgan fingerprint density at radius 1 is 1.14 bits per heavy atom. The number of hydrogen-bond acceptors (Lipinski definition) is 6. The van der Waals surface area contributed by atoms with Gasteiger partial charge >= 0.3 is 6.09 Å². The molecule has 1 aliphatic rings. The van der Waals surface area contributed by atoms with Gasteiger partial charge in [0.05, 0.1) is 6.54 Å². The summed E-state index contributed by atoms with van der Waals surface area (Å²) in [6, 6.07) is 12.8. The molecule has 1 heterocycles. The van der Waals surface area contributed by atoms with Crippen LogP contribution in [0.25, 0.3) is 0 Å². The number of fused-ring (bicyclic) bond motifs is 2. The first-order valence-electron chi connectivity index (χ1n) is 14.1. The number of benzene rings is 2. The maximum Gasteiger partial charge on any atom is 0.408 e. The number of hydrogen-bond donors (Lipinski definition) is 4. The molecule has 0 spiro atoms. The van der Waals surface area contributed by atoms with Crippen LogP contribution in [0.5, 0.6) is 5.75 Å². The quantitative estimate of drug-likeness (QED) is 0.380. The van der Waals surface area contributed by atoms with E-state index in [1.807, 2.05) is 31.2 Å². The second kappa shape index (κ2) is 15.4. The van der Waals surface area contributed by atoms with Gasteiger partial charge in [-0.1, -0.05) is 60.7 Å². The van der Waals surface area contributed by atoms with E-state index in [-0.39, 0.29) is 19.4 Å². The molecule has 4 N–H and O–H groups in total. The monoisotopic (exact) mass is 588 g/mol. The van der Waals surface area contributed by atoms with Crippen LogP contribution in [0.15, 0.2) is 85.2 Å². The summed E-state index contributed by atoms with van der Waals surface area (Å²) in [5, 5.41) is 10.7. The van der Waals surface area contributed by atoms with Crippen LogP contribution in [0.3, 0.4) is 0 Å². The summed E-state index contributed by atoms with van der Waals surface area (Å²) in [4.78, 5) is 51.8. The van der Waals surface area contributed by atoms with Gasteiger partial charge in [-0.05, 0) is 69.5 Å². The molecule has 0 saturated heterocycles. The number of carbonyl (C=O) groups is 4. The van der Waals surface area contributed by atoms with E-state index in [0.29, 0.717) is 17.1 Å². The molecule has 0 aliphatic carbocycles. The lowest BCUT2D eigenvalue weighted by Crippen LogP contribution is -2.53. The van der Waals surface area contributed by atoms with E-state index in [2.05, 4.69) is 27.8 Å². The van der Waals surface area contributed by atoms with Crippen molar-refractivity contribution in [1.82, 2.24) is 21.3 Å². The van der Waals surface area contributed by atoms with Gasteiger partial charge in [0.1, 0.15) is 29.2 Å². The number of rotatable bonds is 6. The lowest BCUT2D eigenvalue weighted by molar-refractivity contribution is -0.130. The predicted octanol–water partition coefficient (Wildman–Crippen LogP) is 3.76. The average molecular weight is 589 g/mol. The topological polar surface area (TPSA) is 135 Å². The Morgan fingerprint density at radius 2 is 1.88 bits per heavy atom. The molecular formula is C33H40N4O6. The van der Waals surface area contributed by atoms with E-state index in [1.54, 1.807) is 69.3 Å². The van der Waals surface area contributed by atoms with Crippen LogP contribution in [0.4, 0.5) is 4.79 Å². The maximum absolute atomic E-state index is 13.2. The van der Waals surface area contributed by atoms with Crippen molar-refractivity contribution in [2.24, 2.45) is 0 Å². The predicted molar refractivity (Wildman–Crippen MR) is 164 cm³/mol. The third kappa shape index (κ3) is 11.5. The first-order valence-corrected chi connectivity index (χ1v) is 14.1. The second-order valence-electron chi connectivity index (χ2n) is 11.1. The normalized spacial score (nSPS) is 19.3. The van der Waals surface area contributed by atoms with Crippen LogP contribution < -0.4 is 26.0 Å². The van der Waals surface area contributed by atoms with E-state index in [1.165, 1.54) is 0 Å². The number of alkyl carbamates (subject to hydrolysis) is 1.